The van der Waals surface area contributed by atoms with E-state index >= 15 is 0 Å². The Kier molecular flexibility index (Phi) is 7.77. The molecule has 1 fully saturated rings. The van der Waals surface area contributed by atoms with Gasteiger partial charge in [-0.25, -0.2) is 21.6 Å². The molecule has 1 saturated heterocycles. The number of thioether (sulfide) groups is 1. The molecule has 1 aliphatic heterocycles. The van der Waals surface area contributed by atoms with Crippen LogP contribution in [-0.2, 0) is 24.8 Å². The Bertz CT molecular complexity index is 1030. The van der Waals surface area contributed by atoms with Crippen LogP contribution in [-0.4, -0.2) is 66.9 Å². The minimum absolute atomic E-state index is 0.0838. The molecular formula is C19H24N2O6S3. The van der Waals surface area contributed by atoms with Crippen molar-refractivity contribution in [1.29, 1.82) is 0 Å². The number of hydrogen-bond donors (Lipinski definition) is 1. The van der Waals surface area contributed by atoms with Gasteiger partial charge in [0.05, 0.1) is 23.0 Å². The number of benzene rings is 2. The predicted octanol–water partition coefficient (Wildman–Crippen LogP) is 1.79. The molecule has 0 spiro atoms. The largest absolute Gasteiger partial charge is 0.492 e. The second-order valence-corrected chi connectivity index (χ2v) is 11.0. The van der Waals surface area contributed by atoms with Crippen LogP contribution < -0.4 is 9.46 Å². The summed E-state index contributed by atoms with van der Waals surface area (Å²) in [5.41, 5.74) is 0. The average molecular weight is 473 g/mol. The fourth-order valence-electron chi connectivity index (χ4n) is 2.83. The van der Waals surface area contributed by atoms with E-state index in [-0.39, 0.29) is 22.9 Å². The molecule has 0 bridgehead atoms. The molecule has 2 aromatic carbocycles. The number of sulfonamides is 2. The number of ether oxygens (including phenoxy) is 2. The first-order valence-electron chi connectivity index (χ1n) is 9.27. The van der Waals surface area contributed by atoms with Crippen LogP contribution in [0.4, 0.5) is 0 Å². The standard InChI is InChI=1S/C19H24N2O6S3/c1-28-17-4-8-18(9-5-17)29(22,23)20-10-13-27-16-2-6-19(7-3-16)30(24,25)21-11-14-26-15-12-21/h2-9,20H,10-15H2,1H3. The molecule has 30 heavy (non-hydrogen) atoms. The molecule has 0 unspecified atom stereocenters. The minimum atomic E-state index is -3.61. The second kappa shape index (κ2) is 10.1. The zero-order valence-corrected chi connectivity index (χ0v) is 18.9. The third-order valence-corrected chi connectivity index (χ3v) is 8.60. The van der Waals surface area contributed by atoms with E-state index in [1.165, 1.54) is 28.2 Å². The summed E-state index contributed by atoms with van der Waals surface area (Å²) in [6.45, 7) is 1.63. The highest BCUT2D eigenvalue weighted by molar-refractivity contribution is 7.98. The molecule has 1 aliphatic rings. The maximum atomic E-state index is 12.6. The Morgan fingerprint density at radius 3 is 2.17 bits per heavy atom. The van der Waals surface area contributed by atoms with Crippen LogP contribution in [0.1, 0.15) is 0 Å². The van der Waals surface area contributed by atoms with Crippen molar-refractivity contribution in [3.05, 3.63) is 48.5 Å². The summed E-state index contributed by atoms with van der Waals surface area (Å²) in [5, 5.41) is 0. The fraction of sp³-hybridized carbons (Fsp3) is 0.368. The summed E-state index contributed by atoms with van der Waals surface area (Å²) >= 11 is 1.54. The molecule has 1 heterocycles. The Hall–Kier alpha value is -1.63. The van der Waals surface area contributed by atoms with E-state index in [1.54, 1.807) is 36.4 Å². The molecule has 0 aromatic heterocycles. The average Bonchev–Trinajstić information content (AvgIpc) is 2.78. The topological polar surface area (TPSA) is 102 Å². The summed E-state index contributed by atoms with van der Waals surface area (Å²) in [6, 6.07) is 12.7. The van der Waals surface area contributed by atoms with Crippen molar-refractivity contribution < 1.29 is 26.3 Å². The fourth-order valence-corrected chi connectivity index (χ4v) is 5.66. The third kappa shape index (κ3) is 5.74. The van der Waals surface area contributed by atoms with Crippen LogP contribution >= 0.6 is 11.8 Å². The molecule has 3 rings (SSSR count). The van der Waals surface area contributed by atoms with Crippen molar-refractivity contribution in [2.24, 2.45) is 0 Å². The lowest BCUT2D eigenvalue weighted by atomic mass is 10.3. The van der Waals surface area contributed by atoms with Crippen molar-refractivity contribution in [2.45, 2.75) is 14.7 Å². The van der Waals surface area contributed by atoms with Crippen molar-refractivity contribution in [3.8, 4) is 5.75 Å². The number of rotatable bonds is 9. The maximum absolute atomic E-state index is 12.6. The van der Waals surface area contributed by atoms with Crippen molar-refractivity contribution in [2.75, 3.05) is 45.7 Å². The van der Waals surface area contributed by atoms with Crippen LogP contribution in [0.5, 0.6) is 5.75 Å². The molecule has 164 valence electrons. The lowest BCUT2D eigenvalue weighted by Crippen LogP contribution is -2.40. The molecule has 11 heteroatoms. The van der Waals surface area contributed by atoms with Gasteiger partial charge in [-0.1, -0.05) is 0 Å². The van der Waals surface area contributed by atoms with Crippen LogP contribution in [0.3, 0.4) is 0 Å². The first kappa shape index (κ1) is 23.0. The zero-order chi connectivity index (χ0) is 21.6. The van der Waals surface area contributed by atoms with Gasteiger partial charge >= 0.3 is 0 Å². The number of nitrogens with zero attached hydrogens (tertiary/aromatic N) is 1. The molecule has 0 aliphatic carbocycles. The molecule has 0 atom stereocenters. The van der Waals surface area contributed by atoms with Gasteiger partial charge in [-0.05, 0) is 54.8 Å². The summed E-state index contributed by atoms with van der Waals surface area (Å²) in [4.78, 5) is 1.36. The first-order valence-corrected chi connectivity index (χ1v) is 13.4. The van der Waals surface area contributed by atoms with E-state index in [0.717, 1.165) is 4.90 Å². The van der Waals surface area contributed by atoms with Gasteiger partial charge in [0, 0.05) is 24.5 Å². The van der Waals surface area contributed by atoms with Gasteiger partial charge in [0.15, 0.2) is 0 Å². The van der Waals surface area contributed by atoms with Crippen LogP contribution in [0.25, 0.3) is 0 Å². The first-order chi connectivity index (χ1) is 14.3. The molecule has 0 radical (unpaired) electrons. The summed E-state index contributed by atoms with van der Waals surface area (Å²) < 4.78 is 64.4. The Morgan fingerprint density at radius 1 is 0.967 bits per heavy atom. The van der Waals surface area contributed by atoms with E-state index in [2.05, 4.69) is 4.72 Å². The van der Waals surface area contributed by atoms with Crippen LogP contribution in [0, 0.1) is 0 Å². The smallest absolute Gasteiger partial charge is 0.243 e. The molecule has 0 saturated carbocycles. The third-order valence-electron chi connectivity index (χ3n) is 4.46. The second-order valence-electron chi connectivity index (χ2n) is 6.41. The Labute approximate surface area is 181 Å². The highest BCUT2D eigenvalue weighted by Crippen LogP contribution is 2.21. The lowest BCUT2D eigenvalue weighted by Gasteiger charge is -2.26. The van der Waals surface area contributed by atoms with Crippen LogP contribution in [0.2, 0.25) is 0 Å². The molecule has 2 aromatic rings. The SMILES string of the molecule is CSc1ccc(S(=O)(=O)NCCOc2ccc(S(=O)(=O)N3CCOCC3)cc2)cc1. The normalized spacial score (nSPS) is 15.8. The van der Waals surface area contributed by atoms with Gasteiger partial charge < -0.3 is 9.47 Å². The summed E-state index contributed by atoms with van der Waals surface area (Å²) in [6.07, 6.45) is 1.92. The number of morpholine rings is 1. The highest BCUT2D eigenvalue weighted by atomic mass is 32.2. The van der Waals surface area contributed by atoms with E-state index in [1.807, 2.05) is 6.26 Å². The van der Waals surface area contributed by atoms with E-state index in [0.29, 0.717) is 32.1 Å². The van der Waals surface area contributed by atoms with Gasteiger partial charge in [-0.15, -0.1) is 11.8 Å². The molecule has 0 amide bonds. The highest BCUT2D eigenvalue weighted by Gasteiger charge is 2.26. The number of hydrogen-bond acceptors (Lipinski definition) is 7. The van der Waals surface area contributed by atoms with Crippen molar-refractivity contribution >= 4 is 31.8 Å². The van der Waals surface area contributed by atoms with Crippen molar-refractivity contribution in [3.63, 3.8) is 0 Å². The summed E-state index contributed by atoms with van der Waals surface area (Å²) in [5.74, 6) is 0.458. The monoisotopic (exact) mass is 472 g/mol. The van der Waals surface area contributed by atoms with Gasteiger partial charge in [0.25, 0.3) is 0 Å². The van der Waals surface area contributed by atoms with Gasteiger partial charge in [-0.2, -0.15) is 4.31 Å². The van der Waals surface area contributed by atoms with Gasteiger partial charge in [-0.3, -0.25) is 0 Å². The molecule has 8 nitrogen and oxygen atoms in total. The molecule has 1 N–H and O–H groups in total. The maximum Gasteiger partial charge on any atom is 0.243 e. The Morgan fingerprint density at radius 2 is 1.57 bits per heavy atom. The van der Waals surface area contributed by atoms with Gasteiger partial charge in [0.1, 0.15) is 12.4 Å². The minimum Gasteiger partial charge on any atom is -0.492 e. The summed E-state index contributed by atoms with van der Waals surface area (Å²) in [7, 11) is -7.17. The predicted molar refractivity (Wildman–Crippen MR) is 115 cm³/mol. The zero-order valence-electron chi connectivity index (χ0n) is 16.5. The number of nitrogens with one attached hydrogen (secondary N) is 1. The van der Waals surface area contributed by atoms with Crippen LogP contribution in [0.15, 0.2) is 63.2 Å². The van der Waals surface area contributed by atoms with E-state index < -0.39 is 20.0 Å². The van der Waals surface area contributed by atoms with E-state index in [9.17, 15) is 16.8 Å². The molecular weight excluding hydrogens is 448 g/mol. The van der Waals surface area contributed by atoms with Crippen molar-refractivity contribution in [1.82, 2.24) is 9.03 Å². The van der Waals surface area contributed by atoms with Gasteiger partial charge in [0.2, 0.25) is 20.0 Å². The lowest BCUT2D eigenvalue weighted by molar-refractivity contribution is 0.0730. The quantitative estimate of drug-likeness (QED) is 0.438. The van der Waals surface area contributed by atoms with E-state index in [4.69, 9.17) is 9.47 Å². The Balaban J connectivity index is 1.51.